The minimum absolute atomic E-state index is 0.0107. The highest BCUT2D eigenvalue weighted by atomic mass is 32.2. The zero-order valence-corrected chi connectivity index (χ0v) is 30.2. The number of alkyl halides is 6. The van der Waals surface area contributed by atoms with Gasteiger partial charge in [-0.25, -0.2) is 14.7 Å². The summed E-state index contributed by atoms with van der Waals surface area (Å²) in [5.41, 5.74) is -2.54. The smallest absolute Gasteiger partial charge is 0.449 e. The van der Waals surface area contributed by atoms with E-state index in [1.807, 2.05) is 6.92 Å². The Kier molecular flexibility index (Phi) is 10.1. The van der Waals surface area contributed by atoms with Gasteiger partial charge in [-0.3, -0.25) is 5.26 Å². The first-order chi connectivity index (χ1) is 23.5. The standard InChI is InChI=1S/C34H46F6O8S2/c1-17-5-8-24-20(26(33(35,36)37)43-28-31(24,46-41)22(17)10-7-19(3)42-28)15-49-13-14-50-16-21-25-9-6-18(2)23-11-12-30(4)45-29(32(23,25)48-47-30)44-27(21)34(38,39)40/h17-19,22-25,28-29,41H,5-16H2,1-4H3/t17-,18-,19+,22?,23?,24+,25+,28+,29-,30?,31?,32-/m1/s1. The fraction of sp³-hybridized carbons (Fsp3) is 0.882. The fourth-order valence-corrected chi connectivity index (χ4v) is 12.4. The summed E-state index contributed by atoms with van der Waals surface area (Å²) in [6, 6.07) is 0. The molecule has 0 radical (unpaired) electrons. The molecular formula is C34H46F6O8S2. The Balaban J connectivity index is 1.07. The highest BCUT2D eigenvalue weighted by Gasteiger charge is 2.70. The Hall–Kier alpha value is -0.880. The molecular weight excluding hydrogens is 714 g/mol. The molecule has 2 saturated carbocycles. The lowest BCUT2D eigenvalue weighted by atomic mass is 9.59. The van der Waals surface area contributed by atoms with Crippen molar-refractivity contribution in [1.29, 1.82) is 0 Å². The van der Waals surface area contributed by atoms with Crippen LogP contribution in [0.5, 0.6) is 0 Å². The molecule has 0 amide bonds. The molecule has 8 aliphatic rings. The Morgan fingerprint density at radius 1 is 0.740 bits per heavy atom. The van der Waals surface area contributed by atoms with Crippen LogP contribution in [0.15, 0.2) is 22.7 Å². The number of ether oxygens (including phenoxy) is 4. The number of rotatable bonds is 8. The van der Waals surface area contributed by atoms with Crippen molar-refractivity contribution >= 4 is 23.5 Å². The van der Waals surface area contributed by atoms with Gasteiger partial charge in [0.25, 0.3) is 0 Å². The van der Waals surface area contributed by atoms with Gasteiger partial charge in [0.1, 0.15) is 0 Å². The van der Waals surface area contributed by atoms with E-state index >= 15 is 0 Å². The quantitative estimate of drug-likeness (QED) is 0.112. The van der Waals surface area contributed by atoms with Crippen LogP contribution in [0.25, 0.3) is 0 Å². The summed E-state index contributed by atoms with van der Waals surface area (Å²) in [4.78, 5) is 17.0. The van der Waals surface area contributed by atoms with Gasteiger partial charge in [0, 0.05) is 53.1 Å². The summed E-state index contributed by atoms with van der Waals surface area (Å²) in [6.07, 6.45) is -8.03. The van der Waals surface area contributed by atoms with Crippen LogP contribution >= 0.6 is 23.5 Å². The van der Waals surface area contributed by atoms with Crippen LogP contribution in [-0.4, -0.2) is 76.3 Å². The molecule has 50 heavy (non-hydrogen) atoms. The van der Waals surface area contributed by atoms with E-state index in [0.717, 1.165) is 6.42 Å². The molecule has 1 spiro atoms. The Bertz CT molecular complexity index is 1290. The van der Waals surface area contributed by atoms with Crippen molar-refractivity contribution in [2.24, 2.45) is 35.5 Å². The number of halogens is 6. The highest BCUT2D eigenvalue weighted by molar-refractivity contribution is 8.03. The van der Waals surface area contributed by atoms with Crippen LogP contribution in [0, 0.1) is 35.5 Å². The normalized spacial score (nSPS) is 44.5. The first kappa shape index (κ1) is 37.4. The van der Waals surface area contributed by atoms with Crippen LogP contribution in [0.3, 0.4) is 0 Å². The first-order valence-electron chi connectivity index (χ1n) is 17.7. The van der Waals surface area contributed by atoms with Gasteiger partial charge in [0.15, 0.2) is 11.2 Å². The lowest BCUT2D eigenvalue weighted by Gasteiger charge is -2.57. The summed E-state index contributed by atoms with van der Waals surface area (Å²) >= 11 is 2.53. The third kappa shape index (κ3) is 6.11. The van der Waals surface area contributed by atoms with E-state index in [1.54, 1.807) is 13.8 Å². The summed E-state index contributed by atoms with van der Waals surface area (Å²) < 4.78 is 110. The molecule has 12 atom stereocenters. The number of hydrogen-bond acceptors (Lipinski definition) is 10. The number of thioether (sulfide) groups is 2. The Morgan fingerprint density at radius 2 is 1.32 bits per heavy atom. The number of allylic oxidation sites excluding steroid dienone is 2. The van der Waals surface area contributed by atoms with Crippen molar-refractivity contribution in [3.05, 3.63) is 22.7 Å². The molecule has 284 valence electrons. The molecule has 0 aromatic rings. The van der Waals surface area contributed by atoms with Crippen molar-refractivity contribution in [1.82, 2.24) is 0 Å². The van der Waals surface area contributed by atoms with Gasteiger partial charge in [0.05, 0.1) is 6.10 Å². The van der Waals surface area contributed by atoms with E-state index in [0.29, 0.717) is 56.5 Å². The topological polar surface area (TPSA) is 84.8 Å². The molecule has 16 heteroatoms. The van der Waals surface area contributed by atoms with Crippen LogP contribution in [0.2, 0.25) is 0 Å². The summed E-state index contributed by atoms with van der Waals surface area (Å²) in [7, 11) is 0. The van der Waals surface area contributed by atoms with Gasteiger partial charge in [-0.1, -0.05) is 13.8 Å². The minimum atomic E-state index is -4.79. The molecule has 4 saturated heterocycles. The molecule has 6 fully saturated rings. The van der Waals surface area contributed by atoms with E-state index < -0.39 is 65.3 Å². The van der Waals surface area contributed by atoms with Gasteiger partial charge in [-0.2, -0.15) is 49.9 Å². The van der Waals surface area contributed by atoms with Crippen molar-refractivity contribution in [2.45, 2.75) is 127 Å². The van der Waals surface area contributed by atoms with E-state index in [2.05, 4.69) is 6.92 Å². The molecule has 1 N–H and O–H groups in total. The van der Waals surface area contributed by atoms with E-state index in [4.69, 9.17) is 33.6 Å². The SMILES string of the molecule is C[C@@H]1CC[C@H]2C(CSCCSCC3=C(C(F)(F)F)O[C@@H]4OC5(C)CCC6[C@H](C)CC[C@@H]3[C@]64OO5)=C(C(F)(F)F)O[C@@H]3O[C@@H](C)CCC1C32OO. The van der Waals surface area contributed by atoms with Gasteiger partial charge in [-0.05, 0) is 81.8 Å². The lowest BCUT2D eigenvalue weighted by molar-refractivity contribution is -0.557. The number of fused-ring (bicyclic) bond motifs is 2. The molecule has 6 heterocycles. The van der Waals surface area contributed by atoms with E-state index in [9.17, 15) is 31.6 Å². The largest absolute Gasteiger partial charge is 0.456 e. The molecule has 0 aromatic heterocycles. The second-order valence-electron chi connectivity index (χ2n) is 15.4. The average Bonchev–Trinajstić information content (AvgIpc) is 3.36. The zero-order chi connectivity index (χ0) is 35.9. The van der Waals surface area contributed by atoms with Gasteiger partial charge >= 0.3 is 12.4 Å². The molecule has 6 aliphatic heterocycles. The maximum Gasteiger partial charge on any atom is 0.449 e. The highest BCUT2D eigenvalue weighted by Crippen LogP contribution is 2.62. The zero-order valence-electron chi connectivity index (χ0n) is 28.6. The van der Waals surface area contributed by atoms with Crippen molar-refractivity contribution < 1.29 is 65.2 Å². The minimum Gasteiger partial charge on any atom is -0.456 e. The molecule has 2 aliphatic carbocycles. The van der Waals surface area contributed by atoms with Gasteiger partial charge in [0.2, 0.25) is 29.9 Å². The van der Waals surface area contributed by atoms with Crippen molar-refractivity contribution in [2.75, 3.05) is 23.0 Å². The molecule has 8 rings (SSSR count). The van der Waals surface area contributed by atoms with E-state index in [-0.39, 0.29) is 52.4 Å². The Labute approximate surface area is 296 Å². The van der Waals surface area contributed by atoms with Gasteiger partial charge in [-0.15, -0.1) is 0 Å². The Morgan fingerprint density at radius 3 is 1.94 bits per heavy atom. The van der Waals surface area contributed by atoms with Crippen LogP contribution in [-0.2, 0) is 33.6 Å². The molecule has 4 unspecified atom stereocenters. The van der Waals surface area contributed by atoms with Crippen LogP contribution in [0.1, 0.15) is 79.1 Å². The molecule has 2 bridgehead atoms. The predicted octanol–water partition coefficient (Wildman–Crippen LogP) is 8.78. The molecule has 8 nitrogen and oxygen atoms in total. The number of hydrogen-bond donors (Lipinski definition) is 1. The molecule has 0 aromatic carbocycles. The van der Waals surface area contributed by atoms with Gasteiger partial charge < -0.3 is 18.9 Å². The lowest BCUT2D eigenvalue weighted by Crippen LogP contribution is -2.67. The third-order valence-electron chi connectivity index (χ3n) is 12.5. The van der Waals surface area contributed by atoms with Crippen LogP contribution < -0.4 is 0 Å². The summed E-state index contributed by atoms with van der Waals surface area (Å²) in [5, 5.41) is 10.4. The second-order valence-corrected chi connectivity index (χ2v) is 17.6. The van der Waals surface area contributed by atoms with Crippen molar-refractivity contribution in [3.8, 4) is 0 Å². The monoisotopic (exact) mass is 760 g/mol. The van der Waals surface area contributed by atoms with E-state index in [1.165, 1.54) is 23.5 Å². The maximum absolute atomic E-state index is 14.5. The van der Waals surface area contributed by atoms with Crippen LogP contribution in [0.4, 0.5) is 26.3 Å². The average molecular weight is 761 g/mol. The predicted molar refractivity (Wildman–Crippen MR) is 171 cm³/mol. The fourth-order valence-electron chi connectivity index (χ4n) is 10.1. The first-order valence-corrected chi connectivity index (χ1v) is 20.0. The second kappa shape index (κ2) is 13.5. The third-order valence-corrected chi connectivity index (χ3v) is 14.8. The summed E-state index contributed by atoms with van der Waals surface area (Å²) in [5.74, 6) is -4.19. The maximum atomic E-state index is 14.5. The van der Waals surface area contributed by atoms with Crippen molar-refractivity contribution in [3.63, 3.8) is 0 Å². The summed E-state index contributed by atoms with van der Waals surface area (Å²) in [6.45, 7) is 7.52.